The third-order valence-electron chi connectivity index (χ3n) is 6.68. The summed E-state index contributed by atoms with van der Waals surface area (Å²) in [6.07, 6.45) is 1.80. The number of hydrogen-bond acceptors (Lipinski definition) is 3. The number of aryl methyl sites for hydroxylation is 2. The number of ether oxygens (including phenoxy) is 1. The second-order valence-electron chi connectivity index (χ2n) is 8.87. The number of benzene rings is 2. The van der Waals surface area contributed by atoms with Crippen molar-refractivity contribution in [2.75, 3.05) is 7.11 Å². The van der Waals surface area contributed by atoms with Crippen LogP contribution in [0.3, 0.4) is 0 Å². The second-order valence-corrected chi connectivity index (χ2v) is 9.27. The van der Waals surface area contributed by atoms with Crippen molar-refractivity contribution in [3.05, 3.63) is 105 Å². The summed E-state index contributed by atoms with van der Waals surface area (Å²) >= 11 is 6.38. The molecular weight excluding hydrogens is 460 g/mol. The summed E-state index contributed by atoms with van der Waals surface area (Å²) in [5.41, 5.74) is 6.94. The molecule has 4 rings (SSSR count). The van der Waals surface area contributed by atoms with Gasteiger partial charge in [-0.1, -0.05) is 48.0 Å². The van der Waals surface area contributed by atoms with E-state index in [4.69, 9.17) is 16.3 Å². The lowest BCUT2D eigenvalue weighted by Gasteiger charge is -2.26. The number of aromatic nitrogens is 1. The van der Waals surface area contributed by atoms with E-state index in [0.29, 0.717) is 21.9 Å². The fourth-order valence-corrected chi connectivity index (χ4v) is 4.93. The lowest BCUT2D eigenvalue weighted by Crippen LogP contribution is -2.28. The molecule has 1 aliphatic heterocycles. The van der Waals surface area contributed by atoms with Crippen LogP contribution in [-0.4, -0.2) is 28.5 Å². The minimum absolute atomic E-state index is 0.220. The van der Waals surface area contributed by atoms with E-state index >= 15 is 0 Å². The number of hydrogen-bond donors (Lipinski definition) is 0. The fraction of sp³-hybridized carbons (Fsp3) is 0.241. The van der Waals surface area contributed by atoms with Crippen molar-refractivity contribution in [2.24, 2.45) is 0 Å². The summed E-state index contributed by atoms with van der Waals surface area (Å²) in [7, 11) is 1.33. The molecule has 2 heterocycles. The predicted molar refractivity (Wildman–Crippen MR) is 139 cm³/mol. The van der Waals surface area contributed by atoms with Crippen LogP contribution in [0.1, 0.15) is 48.0 Å². The van der Waals surface area contributed by atoms with Crippen LogP contribution < -0.4 is 0 Å². The molecule has 180 valence electrons. The van der Waals surface area contributed by atoms with Crippen LogP contribution in [0.15, 0.2) is 71.4 Å². The van der Waals surface area contributed by atoms with Crippen LogP contribution >= 0.6 is 11.6 Å². The number of esters is 1. The molecule has 1 unspecified atom stereocenters. The zero-order valence-electron chi connectivity index (χ0n) is 20.8. The Morgan fingerprint density at radius 2 is 1.71 bits per heavy atom. The molecule has 1 amide bonds. The highest BCUT2D eigenvalue weighted by atomic mass is 35.5. The van der Waals surface area contributed by atoms with Crippen LogP contribution in [0.2, 0.25) is 5.02 Å². The van der Waals surface area contributed by atoms with E-state index in [-0.39, 0.29) is 11.9 Å². The molecule has 6 heteroatoms. The van der Waals surface area contributed by atoms with E-state index in [0.717, 1.165) is 33.8 Å². The topological polar surface area (TPSA) is 51.5 Å². The molecule has 1 aliphatic rings. The highest BCUT2D eigenvalue weighted by Gasteiger charge is 2.39. The van der Waals surface area contributed by atoms with Crippen LogP contribution in [0.5, 0.6) is 0 Å². The lowest BCUT2D eigenvalue weighted by atomic mass is 10.0. The number of carbonyl (C=O) groups excluding carboxylic acids is 2. The van der Waals surface area contributed by atoms with E-state index in [9.17, 15) is 9.59 Å². The van der Waals surface area contributed by atoms with Crippen molar-refractivity contribution in [1.29, 1.82) is 0 Å². The van der Waals surface area contributed by atoms with Gasteiger partial charge >= 0.3 is 5.97 Å². The molecule has 0 N–H and O–H groups in total. The van der Waals surface area contributed by atoms with Crippen LogP contribution in [0.25, 0.3) is 11.8 Å². The number of halogens is 1. The molecule has 0 saturated carbocycles. The molecule has 5 nitrogen and oxygen atoms in total. The van der Waals surface area contributed by atoms with Gasteiger partial charge in [0, 0.05) is 27.8 Å². The first kappa shape index (κ1) is 24.6. The second kappa shape index (κ2) is 9.59. The number of methoxy groups -OCH3 is 1. The van der Waals surface area contributed by atoms with Gasteiger partial charge in [-0.15, -0.1) is 0 Å². The minimum Gasteiger partial charge on any atom is -0.465 e. The van der Waals surface area contributed by atoms with E-state index in [2.05, 4.69) is 4.57 Å². The summed E-state index contributed by atoms with van der Waals surface area (Å²) in [5, 5.41) is 0.693. The molecule has 1 atom stereocenters. The Bertz CT molecular complexity index is 1380. The molecule has 0 fully saturated rings. The van der Waals surface area contributed by atoms with Crippen LogP contribution in [-0.2, 0) is 14.3 Å². The monoisotopic (exact) mass is 488 g/mol. The molecule has 0 bridgehead atoms. The highest BCUT2D eigenvalue weighted by molar-refractivity contribution is 6.31. The molecule has 2 aromatic carbocycles. The van der Waals surface area contributed by atoms with Crippen molar-refractivity contribution in [1.82, 2.24) is 9.47 Å². The van der Waals surface area contributed by atoms with E-state index in [1.54, 1.807) is 17.9 Å². The Morgan fingerprint density at radius 3 is 2.34 bits per heavy atom. The Labute approximate surface area is 211 Å². The van der Waals surface area contributed by atoms with Crippen LogP contribution in [0, 0.1) is 20.8 Å². The van der Waals surface area contributed by atoms with Gasteiger partial charge in [0.25, 0.3) is 5.91 Å². The van der Waals surface area contributed by atoms with Gasteiger partial charge in [-0.2, -0.15) is 0 Å². The first-order valence-electron chi connectivity index (χ1n) is 11.5. The number of nitrogens with zero attached hydrogens (tertiary/aromatic N) is 2. The molecule has 0 radical (unpaired) electrons. The summed E-state index contributed by atoms with van der Waals surface area (Å²) < 4.78 is 7.16. The highest BCUT2D eigenvalue weighted by Crippen LogP contribution is 2.38. The Kier molecular flexibility index (Phi) is 6.73. The first-order chi connectivity index (χ1) is 16.6. The van der Waals surface area contributed by atoms with Gasteiger partial charge in [-0.25, -0.2) is 4.79 Å². The molecule has 1 aromatic heterocycles. The number of carbonyl (C=O) groups is 2. The van der Waals surface area contributed by atoms with Gasteiger partial charge in [0.05, 0.1) is 24.3 Å². The van der Waals surface area contributed by atoms with Crippen LogP contribution in [0.4, 0.5) is 0 Å². The maximum Gasteiger partial charge on any atom is 0.340 e. The van der Waals surface area contributed by atoms with Crippen molar-refractivity contribution in [3.8, 4) is 5.69 Å². The summed E-state index contributed by atoms with van der Waals surface area (Å²) in [6.45, 7) is 9.72. The smallest absolute Gasteiger partial charge is 0.340 e. The van der Waals surface area contributed by atoms with Crippen molar-refractivity contribution in [3.63, 3.8) is 0 Å². The number of rotatable bonds is 5. The van der Waals surface area contributed by atoms with Crippen molar-refractivity contribution < 1.29 is 14.3 Å². The molecule has 0 aliphatic carbocycles. The Morgan fingerprint density at radius 1 is 1.03 bits per heavy atom. The Hall–Kier alpha value is -3.57. The largest absolute Gasteiger partial charge is 0.465 e. The normalized spacial score (nSPS) is 15.8. The molecule has 0 saturated heterocycles. The number of allylic oxidation sites excluding steroid dienone is 1. The molecule has 0 spiro atoms. The van der Waals surface area contributed by atoms with E-state index in [1.807, 2.05) is 82.3 Å². The Balaban J connectivity index is 1.82. The van der Waals surface area contributed by atoms with E-state index < -0.39 is 5.97 Å². The lowest BCUT2D eigenvalue weighted by molar-refractivity contribution is -0.136. The van der Waals surface area contributed by atoms with Gasteiger partial charge in [0.2, 0.25) is 0 Å². The first-order valence-corrected chi connectivity index (χ1v) is 11.9. The molecular formula is C29H29ClN2O3. The van der Waals surface area contributed by atoms with Crippen molar-refractivity contribution >= 4 is 29.6 Å². The van der Waals surface area contributed by atoms with Gasteiger partial charge < -0.3 is 14.2 Å². The molecule has 3 aromatic rings. The predicted octanol–water partition coefficient (Wildman–Crippen LogP) is 6.49. The third kappa shape index (κ3) is 4.32. The zero-order chi connectivity index (χ0) is 25.4. The maximum absolute atomic E-state index is 13.7. The van der Waals surface area contributed by atoms with Crippen molar-refractivity contribution in [2.45, 2.75) is 40.7 Å². The quantitative estimate of drug-likeness (QED) is 0.304. The van der Waals surface area contributed by atoms with Gasteiger partial charge in [0.15, 0.2) is 0 Å². The van der Waals surface area contributed by atoms with Gasteiger partial charge in [-0.05, 0) is 75.6 Å². The standard InChI is InChI=1S/C29H29ClN2O3/c1-17-12-13-24(16-26(17)30)31-18(2)14-23(20(31)4)15-25-27(29(34)35-6)21(5)32(28(25)33)19(3)22-10-8-7-9-11-22/h7-16,19H,1-6H3/b25-15+. The summed E-state index contributed by atoms with van der Waals surface area (Å²) in [4.78, 5) is 28.2. The van der Waals surface area contributed by atoms with Gasteiger partial charge in [-0.3, -0.25) is 4.79 Å². The summed E-state index contributed by atoms with van der Waals surface area (Å²) in [5.74, 6) is -0.744. The minimum atomic E-state index is -0.524. The SMILES string of the molecule is COC(=O)C1=C(C)N(C(C)c2ccccc2)C(=O)/C1=C/c1cc(C)n(-c2ccc(C)c(Cl)c2)c1C. The molecule has 35 heavy (non-hydrogen) atoms. The number of amides is 1. The third-order valence-corrected chi connectivity index (χ3v) is 7.09. The van der Waals surface area contributed by atoms with Gasteiger partial charge in [0.1, 0.15) is 0 Å². The van der Waals surface area contributed by atoms with E-state index in [1.165, 1.54) is 7.11 Å². The zero-order valence-corrected chi connectivity index (χ0v) is 21.6. The average Bonchev–Trinajstić information content (AvgIpc) is 3.26. The fourth-order valence-electron chi connectivity index (χ4n) is 4.75. The average molecular weight is 489 g/mol. The maximum atomic E-state index is 13.7. The summed E-state index contributed by atoms with van der Waals surface area (Å²) in [6, 6.07) is 17.5.